The van der Waals surface area contributed by atoms with Gasteiger partial charge in [-0.25, -0.2) is 22.6 Å². The number of carbonyl (C=O) groups excluding carboxylic acids is 2. The smallest absolute Gasteiger partial charge is 0.246 e. The maximum absolute atomic E-state index is 14.7. The Morgan fingerprint density at radius 3 is 2.49 bits per heavy atom. The van der Waals surface area contributed by atoms with Crippen LogP contribution >= 0.6 is 0 Å². The second-order valence-electron chi connectivity index (χ2n) is 9.91. The minimum absolute atomic E-state index is 0.161. The summed E-state index contributed by atoms with van der Waals surface area (Å²) in [6, 6.07) is 0. The third kappa shape index (κ3) is 9.77. The molecule has 2 heterocycles. The molecule has 1 unspecified atom stereocenters. The first-order chi connectivity index (χ1) is 21.6. The summed E-state index contributed by atoms with van der Waals surface area (Å²) < 4.78 is 83.5. The molecule has 1 atom stereocenters. The summed E-state index contributed by atoms with van der Waals surface area (Å²) in [5, 5.41) is 2.75. The van der Waals surface area contributed by atoms with Gasteiger partial charge in [-0.1, -0.05) is 25.8 Å². The summed E-state index contributed by atoms with van der Waals surface area (Å²) in [5.41, 5.74) is 1.54. The van der Waals surface area contributed by atoms with Gasteiger partial charge in [0.1, 0.15) is 19.5 Å². The van der Waals surface area contributed by atoms with Gasteiger partial charge in [0.15, 0.2) is 17.5 Å². The van der Waals surface area contributed by atoms with E-state index >= 15 is 0 Å². The minimum atomic E-state index is -2.99. The number of halogens is 5. The van der Waals surface area contributed by atoms with Gasteiger partial charge in [0.25, 0.3) is 0 Å². The van der Waals surface area contributed by atoms with Gasteiger partial charge in [-0.2, -0.15) is 4.39 Å². The van der Waals surface area contributed by atoms with Crippen molar-refractivity contribution >= 4 is 29.9 Å². The van der Waals surface area contributed by atoms with E-state index < -0.39 is 58.7 Å². The van der Waals surface area contributed by atoms with E-state index in [-0.39, 0.29) is 30.4 Å². The van der Waals surface area contributed by atoms with Crippen LogP contribution in [0.15, 0.2) is 88.0 Å². The number of nitrogens with zero attached hydrogens (tertiary/aromatic N) is 5. The first-order valence-electron chi connectivity index (χ1n) is 14.1. The maximum Gasteiger partial charge on any atom is 0.246 e. The van der Waals surface area contributed by atoms with Gasteiger partial charge in [0, 0.05) is 36.6 Å². The molecule has 1 aromatic heterocycles. The molecule has 15 heteroatoms. The fourth-order valence-corrected chi connectivity index (χ4v) is 5.83. The van der Waals surface area contributed by atoms with Crippen molar-refractivity contribution < 1.29 is 36.1 Å². The van der Waals surface area contributed by atoms with Crippen LogP contribution in [-0.2, 0) is 27.5 Å². The molecule has 1 aliphatic heterocycles. The van der Waals surface area contributed by atoms with Crippen LogP contribution < -0.4 is 5.32 Å². The number of amides is 1. The Balaban J connectivity index is 1.99. The van der Waals surface area contributed by atoms with Crippen LogP contribution in [0, 0.1) is 0 Å². The van der Waals surface area contributed by atoms with Crippen molar-refractivity contribution in [1.29, 1.82) is 0 Å². The Bertz CT molecular complexity index is 1420. The van der Waals surface area contributed by atoms with Crippen molar-refractivity contribution in [1.82, 2.24) is 24.5 Å². The molecule has 0 spiro atoms. The second-order valence-corrected chi connectivity index (χ2v) is 11.3. The monoisotopic (exact) mass is 652 g/mol. The number of aliphatic imine (C=N–C) groups is 1. The molecule has 0 radical (unpaired) electrons. The molecular formula is C30H33F5N6O3S. The second kappa shape index (κ2) is 17.5. The van der Waals surface area contributed by atoms with E-state index in [1.807, 2.05) is 0 Å². The van der Waals surface area contributed by atoms with Gasteiger partial charge in [-0.05, 0) is 31.9 Å². The Morgan fingerprint density at radius 1 is 1.16 bits per heavy atom. The first-order valence-corrected chi connectivity index (χ1v) is 15.2. The summed E-state index contributed by atoms with van der Waals surface area (Å²) in [5.74, 6) is -8.87. The molecule has 3 rings (SSSR count). The van der Waals surface area contributed by atoms with Crippen molar-refractivity contribution in [2.24, 2.45) is 4.99 Å². The number of carbonyl (C=O) groups is 2. The van der Waals surface area contributed by atoms with E-state index in [1.54, 1.807) is 6.20 Å². The van der Waals surface area contributed by atoms with Crippen LogP contribution in [0.25, 0.3) is 0 Å². The normalized spacial score (nSPS) is 20.9. The molecule has 1 aromatic rings. The van der Waals surface area contributed by atoms with Gasteiger partial charge in [0.2, 0.25) is 16.6 Å². The van der Waals surface area contributed by atoms with E-state index in [9.17, 15) is 36.1 Å². The number of hydrogen-bond donors (Lipinski definition) is 1. The molecule has 0 aromatic carbocycles. The van der Waals surface area contributed by atoms with Crippen LogP contribution in [-0.4, -0.2) is 62.0 Å². The van der Waals surface area contributed by atoms with Crippen LogP contribution in [0.2, 0.25) is 0 Å². The number of likely N-dealkylation sites (N-methyl/N-ethyl adjacent to an activating group) is 1. The molecule has 1 N–H and O–H groups in total. The minimum Gasteiger partial charge on any atom is -0.593 e. The number of allylic oxidation sites excluding steroid dienone is 7. The highest BCUT2D eigenvalue weighted by molar-refractivity contribution is 7.93. The molecule has 1 aliphatic carbocycles. The topological polar surface area (TPSA) is 114 Å². The Hall–Kier alpha value is -3.95. The van der Waals surface area contributed by atoms with Gasteiger partial charge < -0.3 is 14.8 Å². The lowest BCUT2D eigenvalue weighted by atomic mass is 9.87. The average molecular weight is 653 g/mol. The predicted molar refractivity (Wildman–Crippen MR) is 160 cm³/mol. The van der Waals surface area contributed by atoms with E-state index in [4.69, 9.17) is 0 Å². The number of nitrogens with one attached hydrogen (secondary N) is 1. The third-order valence-corrected chi connectivity index (χ3v) is 8.53. The summed E-state index contributed by atoms with van der Waals surface area (Å²) in [6.45, 7) is 0.761. The zero-order valence-electron chi connectivity index (χ0n) is 24.5. The lowest BCUT2D eigenvalue weighted by molar-refractivity contribution is -0.129. The van der Waals surface area contributed by atoms with E-state index in [2.05, 4.69) is 26.9 Å². The van der Waals surface area contributed by atoms with Crippen molar-refractivity contribution in [3.63, 3.8) is 0 Å². The molecule has 0 bridgehead atoms. The lowest BCUT2D eigenvalue weighted by Crippen LogP contribution is -2.43. The van der Waals surface area contributed by atoms with Crippen molar-refractivity contribution in [3.8, 4) is 0 Å². The Morgan fingerprint density at radius 2 is 1.89 bits per heavy atom. The maximum atomic E-state index is 14.7. The Kier molecular flexibility index (Phi) is 13.8. The number of aromatic nitrogens is 2. The zero-order valence-corrected chi connectivity index (χ0v) is 25.3. The van der Waals surface area contributed by atoms with Gasteiger partial charge >= 0.3 is 0 Å². The summed E-state index contributed by atoms with van der Waals surface area (Å²) in [6.07, 6.45) is 15.8. The molecule has 9 nitrogen and oxygen atoms in total. The highest BCUT2D eigenvalue weighted by Crippen LogP contribution is 2.33. The molecule has 0 saturated heterocycles. The van der Waals surface area contributed by atoms with Crippen LogP contribution in [0.1, 0.15) is 56.3 Å². The highest BCUT2D eigenvalue weighted by atomic mass is 32.2. The quantitative estimate of drug-likeness (QED) is 0.0952. The van der Waals surface area contributed by atoms with E-state index in [1.165, 1.54) is 49.1 Å². The van der Waals surface area contributed by atoms with Crippen LogP contribution in [0.5, 0.6) is 0 Å². The number of aldehydes is 1. The fraction of sp³-hybridized carbons (Fsp3) is 0.367. The molecule has 242 valence electrons. The third-order valence-electron chi connectivity index (χ3n) is 6.92. The summed E-state index contributed by atoms with van der Waals surface area (Å²) in [7, 11) is 0. The molecule has 1 amide bonds. The SMILES string of the molecule is C=C(F)/C(F)=C(F)\C(=C(\F)CF)[S+]([O-])N(CC)CC(=O)N(Cc1cnc(C2CCCCC2)cn1)C1=C/C(=C/C=O)/N=C\N/C=C\1. The summed E-state index contributed by atoms with van der Waals surface area (Å²) >= 11 is -2.99. The molecule has 2 aliphatic rings. The molecule has 45 heavy (non-hydrogen) atoms. The van der Waals surface area contributed by atoms with E-state index in [0.717, 1.165) is 41.8 Å². The van der Waals surface area contributed by atoms with Gasteiger partial charge in [0.05, 0.1) is 47.5 Å². The number of alkyl halides is 1. The van der Waals surface area contributed by atoms with Crippen LogP contribution in [0.4, 0.5) is 22.0 Å². The molecular weight excluding hydrogens is 619 g/mol. The van der Waals surface area contributed by atoms with Crippen molar-refractivity contribution in [3.05, 3.63) is 94.4 Å². The van der Waals surface area contributed by atoms with Crippen molar-refractivity contribution in [2.75, 3.05) is 19.8 Å². The standard InChI is InChI=1S/C30H33F5N6O3S/c1-3-40(45(44)30(25(33)14-31)29(35)28(34)20(2)32)18-27(43)41(24-9-11-36-19-39-22(13-24)10-12-42)17-23-15-38-26(16-37-23)21-7-5-4-6-8-21/h9-13,15-16,19,21H,2-8,14,17-18H2,1H3,(H,36,39)/b11-9-,22-10-,24-13+,29-28-,30-25-. The molecule has 1 fully saturated rings. The van der Waals surface area contributed by atoms with Gasteiger partial charge in [-0.15, -0.1) is 4.31 Å². The average Bonchev–Trinajstić information content (AvgIpc) is 3.03. The number of rotatable bonds is 13. The predicted octanol–water partition coefficient (Wildman–Crippen LogP) is 5.73. The summed E-state index contributed by atoms with van der Waals surface area (Å²) in [4.78, 5) is 37.7. The van der Waals surface area contributed by atoms with E-state index in [0.29, 0.717) is 12.0 Å². The largest absolute Gasteiger partial charge is 0.593 e. The first kappa shape index (κ1) is 35.5. The lowest BCUT2D eigenvalue weighted by Gasteiger charge is -2.28. The van der Waals surface area contributed by atoms with Crippen LogP contribution in [0.3, 0.4) is 0 Å². The van der Waals surface area contributed by atoms with Gasteiger partial charge in [-0.3, -0.25) is 19.6 Å². The van der Waals surface area contributed by atoms with Crippen molar-refractivity contribution in [2.45, 2.75) is 51.5 Å². The Labute approximate surface area is 261 Å². The molecule has 1 saturated carbocycles. The highest BCUT2D eigenvalue weighted by Gasteiger charge is 2.36. The fourth-order valence-electron chi connectivity index (χ4n) is 4.62. The zero-order chi connectivity index (χ0) is 32.9. The number of hydrogen-bond acceptors (Lipinski definition) is 8.